The predicted molar refractivity (Wildman–Crippen MR) is 70.6 cm³/mol. The van der Waals surface area contributed by atoms with Gasteiger partial charge >= 0.3 is 5.97 Å². The molecule has 0 spiro atoms. The minimum atomic E-state index is -0.477. The van der Waals surface area contributed by atoms with Crippen LogP contribution in [0, 0.1) is 0 Å². The molecule has 0 saturated carbocycles. The summed E-state index contributed by atoms with van der Waals surface area (Å²) in [5.74, 6) is -0.477. The molecule has 0 aliphatic carbocycles. The Morgan fingerprint density at radius 1 is 1.00 bits per heavy atom. The van der Waals surface area contributed by atoms with Crippen molar-refractivity contribution < 1.29 is 9.63 Å². The minimum absolute atomic E-state index is 0.462. The van der Waals surface area contributed by atoms with E-state index >= 15 is 0 Å². The third-order valence-corrected chi connectivity index (χ3v) is 2.27. The first-order chi connectivity index (χ1) is 9.25. The Morgan fingerprint density at radius 3 is 2.21 bits per heavy atom. The Hall–Kier alpha value is -2.69. The fourth-order valence-corrected chi connectivity index (χ4v) is 1.37. The summed E-state index contributed by atoms with van der Waals surface area (Å²) in [5, 5.41) is 8.73. The predicted octanol–water partition coefficient (Wildman–Crippen LogP) is 3.39. The molecule has 5 nitrogen and oxygen atoms in total. The highest BCUT2D eigenvalue weighted by Gasteiger charge is 2.08. The van der Waals surface area contributed by atoms with Gasteiger partial charge in [-0.25, -0.2) is 4.79 Å². The molecular formula is C14H13N3O2. The molecule has 0 aliphatic rings. The van der Waals surface area contributed by atoms with Crippen molar-refractivity contribution in [3.63, 3.8) is 0 Å². The topological polar surface area (TPSA) is 54.3 Å². The van der Waals surface area contributed by atoms with Crippen molar-refractivity contribution in [1.29, 1.82) is 0 Å². The van der Waals surface area contributed by atoms with Crippen molar-refractivity contribution in [2.24, 2.45) is 10.3 Å². The largest absolute Gasteiger partial charge is 0.365 e. The number of hydrogen-bond acceptors (Lipinski definition) is 4. The number of carbonyl (C=O) groups excluding carboxylic acids is 1. The van der Waals surface area contributed by atoms with Gasteiger partial charge in [0.2, 0.25) is 0 Å². The van der Waals surface area contributed by atoms with E-state index in [0.29, 0.717) is 11.3 Å². The average Bonchev–Trinajstić information content (AvgIpc) is 2.47. The second-order valence-corrected chi connectivity index (χ2v) is 3.73. The first-order valence-electron chi connectivity index (χ1n) is 5.73. The average molecular weight is 255 g/mol. The van der Waals surface area contributed by atoms with Crippen LogP contribution < -0.4 is 0 Å². The molecule has 0 heterocycles. The molecule has 0 saturated heterocycles. The second kappa shape index (κ2) is 6.30. The van der Waals surface area contributed by atoms with E-state index in [-0.39, 0.29) is 0 Å². The molecule has 0 aliphatic heterocycles. The molecule has 0 radical (unpaired) electrons. The third-order valence-electron chi connectivity index (χ3n) is 2.27. The molecule has 0 fully saturated rings. The van der Waals surface area contributed by atoms with Crippen molar-refractivity contribution in [3.8, 4) is 0 Å². The maximum atomic E-state index is 11.7. The molecule has 2 aromatic carbocycles. The van der Waals surface area contributed by atoms with Gasteiger partial charge in [0.25, 0.3) is 0 Å². The van der Waals surface area contributed by atoms with Crippen molar-refractivity contribution in [1.82, 2.24) is 5.17 Å². The lowest BCUT2D eigenvalue weighted by Gasteiger charge is -2.10. The Kier molecular flexibility index (Phi) is 4.23. The Morgan fingerprint density at radius 2 is 1.58 bits per heavy atom. The maximum absolute atomic E-state index is 11.7. The number of nitrogens with zero attached hydrogens (tertiary/aromatic N) is 3. The van der Waals surface area contributed by atoms with E-state index in [1.807, 2.05) is 24.3 Å². The van der Waals surface area contributed by atoms with Crippen LogP contribution in [0.1, 0.15) is 10.4 Å². The van der Waals surface area contributed by atoms with Gasteiger partial charge in [-0.3, -0.25) is 0 Å². The van der Waals surface area contributed by atoms with E-state index in [1.165, 1.54) is 7.05 Å². The summed E-state index contributed by atoms with van der Waals surface area (Å²) in [6.07, 6.45) is 0. The lowest BCUT2D eigenvalue weighted by atomic mass is 10.2. The van der Waals surface area contributed by atoms with Crippen molar-refractivity contribution in [2.75, 3.05) is 7.05 Å². The van der Waals surface area contributed by atoms with Gasteiger partial charge in [-0.1, -0.05) is 36.4 Å². The first kappa shape index (κ1) is 12.8. The molecule has 0 amide bonds. The van der Waals surface area contributed by atoms with Crippen molar-refractivity contribution in [2.45, 2.75) is 0 Å². The van der Waals surface area contributed by atoms with Gasteiger partial charge in [0.05, 0.1) is 18.3 Å². The Labute approximate surface area is 111 Å². The highest BCUT2D eigenvalue weighted by Crippen LogP contribution is 2.11. The highest BCUT2D eigenvalue weighted by molar-refractivity contribution is 5.89. The highest BCUT2D eigenvalue weighted by atomic mass is 16.7. The summed E-state index contributed by atoms with van der Waals surface area (Å²) in [6.45, 7) is 0. The van der Waals surface area contributed by atoms with Crippen LogP contribution in [0.15, 0.2) is 71.0 Å². The summed E-state index contributed by atoms with van der Waals surface area (Å²) in [7, 11) is 1.51. The number of rotatable bonds is 4. The van der Waals surface area contributed by atoms with Crippen LogP contribution in [0.3, 0.4) is 0 Å². The van der Waals surface area contributed by atoms with Gasteiger partial charge in [0, 0.05) is 0 Å². The molecule has 0 bridgehead atoms. The smallest absolute Gasteiger partial charge is 0.317 e. The standard InChI is InChI=1S/C14H13N3O2/c1-17(16-15-13-10-6-3-7-11-13)19-14(18)12-8-4-2-5-9-12/h2-11H,1H3. The SMILES string of the molecule is CN(N=Nc1ccccc1)OC(=O)c1ccccc1. The van der Waals surface area contributed by atoms with Crippen LogP contribution in [0.25, 0.3) is 0 Å². The quantitative estimate of drug-likeness (QED) is 0.621. The Bertz CT molecular complexity index is 555. The van der Waals surface area contributed by atoms with E-state index in [4.69, 9.17) is 4.84 Å². The second-order valence-electron chi connectivity index (χ2n) is 3.73. The van der Waals surface area contributed by atoms with Crippen LogP contribution in [0.4, 0.5) is 5.69 Å². The number of carbonyl (C=O) groups is 1. The van der Waals surface area contributed by atoms with Gasteiger partial charge in [-0.15, -0.1) is 10.3 Å². The van der Waals surface area contributed by atoms with Gasteiger partial charge in [0.15, 0.2) is 0 Å². The van der Waals surface area contributed by atoms with Crippen molar-refractivity contribution in [3.05, 3.63) is 66.2 Å². The maximum Gasteiger partial charge on any atom is 0.365 e. The minimum Gasteiger partial charge on any atom is -0.317 e. The fraction of sp³-hybridized carbons (Fsp3) is 0.0714. The number of hydrogen-bond donors (Lipinski definition) is 0. The molecule has 0 atom stereocenters. The van der Waals surface area contributed by atoms with Gasteiger partial charge in [-0.05, 0) is 29.5 Å². The summed E-state index contributed by atoms with van der Waals surface area (Å²) in [5.41, 5.74) is 1.15. The van der Waals surface area contributed by atoms with Gasteiger partial charge < -0.3 is 4.84 Å². The van der Waals surface area contributed by atoms with E-state index in [0.717, 1.165) is 5.17 Å². The zero-order chi connectivity index (χ0) is 13.5. The first-order valence-corrected chi connectivity index (χ1v) is 5.73. The van der Waals surface area contributed by atoms with Crippen molar-refractivity contribution >= 4 is 11.7 Å². The summed E-state index contributed by atoms with van der Waals surface area (Å²) in [4.78, 5) is 16.7. The van der Waals surface area contributed by atoms with Gasteiger partial charge in [0.1, 0.15) is 0 Å². The molecule has 19 heavy (non-hydrogen) atoms. The molecule has 0 unspecified atom stereocenters. The van der Waals surface area contributed by atoms with Crippen LogP contribution >= 0.6 is 0 Å². The fourth-order valence-electron chi connectivity index (χ4n) is 1.37. The molecule has 96 valence electrons. The van der Waals surface area contributed by atoms with E-state index < -0.39 is 5.97 Å². The zero-order valence-electron chi connectivity index (χ0n) is 10.4. The normalized spacial score (nSPS) is 10.4. The monoisotopic (exact) mass is 255 g/mol. The molecule has 0 N–H and O–H groups in total. The molecule has 5 heteroatoms. The van der Waals surface area contributed by atoms with Crippen LogP contribution in [0.2, 0.25) is 0 Å². The number of hydroxylamine groups is 1. The number of benzene rings is 2. The molecule has 2 rings (SSSR count). The van der Waals surface area contributed by atoms with Crippen LogP contribution in [-0.4, -0.2) is 18.2 Å². The molecule has 2 aromatic rings. The lowest BCUT2D eigenvalue weighted by molar-refractivity contribution is -0.0948. The van der Waals surface area contributed by atoms with Gasteiger partial charge in [-0.2, -0.15) is 0 Å². The van der Waals surface area contributed by atoms with E-state index in [2.05, 4.69) is 10.3 Å². The zero-order valence-corrected chi connectivity index (χ0v) is 10.4. The Balaban J connectivity index is 1.93. The van der Waals surface area contributed by atoms with Crippen LogP contribution in [0.5, 0.6) is 0 Å². The van der Waals surface area contributed by atoms with E-state index in [1.54, 1.807) is 36.4 Å². The molecular weight excluding hydrogens is 242 g/mol. The third kappa shape index (κ3) is 3.92. The summed E-state index contributed by atoms with van der Waals surface area (Å²) in [6, 6.07) is 17.9. The lowest BCUT2D eigenvalue weighted by Crippen LogP contribution is -2.17. The van der Waals surface area contributed by atoms with Crippen LogP contribution in [-0.2, 0) is 4.84 Å². The van der Waals surface area contributed by atoms with E-state index in [9.17, 15) is 4.79 Å². The molecule has 0 aromatic heterocycles. The summed E-state index contributed by atoms with van der Waals surface area (Å²) < 4.78 is 0. The summed E-state index contributed by atoms with van der Waals surface area (Å²) >= 11 is 0.